The summed E-state index contributed by atoms with van der Waals surface area (Å²) in [5, 5.41) is 7.59. The van der Waals surface area contributed by atoms with Gasteiger partial charge >= 0.3 is 11.8 Å². The molecule has 0 saturated carbocycles. The number of carbonyl (C=O) groups is 1. The van der Waals surface area contributed by atoms with Crippen molar-refractivity contribution < 1.29 is 13.7 Å². The van der Waals surface area contributed by atoms with Crippen LogP contribution >= 0.6 is 0 Å². The smallest absolute Gasteiger partial charge is 0.316 e. The predicted molar refractivity (Wildman–Crippen MR) is 94.4 cm³/mol. The van der Waals surface area contributed by atoms with E-state index in [1.165, 1.54) is 0 Å². The lowest BCUT2D eigenvalue weighted by Gasteiger charge is -2.00. The van der Waals surface area contributed by atoms with Crippen LogP contribution in [0.4, 0.5) is 0 Å². The van der Waals surface area contributed by atoms with Gasteiger partial charge in [-0.3, -0.25) is 9.78 Å². The van der Waals surface area contributed by atoms with Gasteiger partial charge in [0.25, 0.3) is 0 Å². The molecular weight excluding hydrogens is 332 g/mol. The molecule has 3 aromatic heterocycles. The summed E-state index contributed by atoms with van der Waals surface area (Å²) in [6, 6.07) is 11.4. The Morgan fingerprint density at radius 3 is 2.81 bits per heavy atom. The molecule has 0 aliphatic heterocycles. The predicted octanol–water partition coefficient (Wildman–Crippen LogP) is 3.42. The summed E-state index contributed by atoms with van der Waals surface area (Å²) in [4.78, 5) is 20.5. The highest BCUT2D eigenvalue weighted by Gasteiger charge is 2.21. The number of hydrogen-bond acceptors (Lipinski definition) is 6. The number of pyridine rings is 1. The molecule has 4 rings (SSSR count). The first-order valence-electron chi connectivity index (χ1n) is 8.14. The molecule has 7 nitrogen and oxygen atoms in total. The maximum Gasteiger partial charge on any atom is 0.316 e. The van der Waals surface area contributed by atoms with E-state index in [1.54, 1.807) is 6.20 Å². The van der Waals surface area contributed by atoms with Crippen molar-refractivity contribution >= 4 is 16.9 Å². The van der Waals surface area contributed by atoms with Crippen LogP contribution in [0.2, 0.25) is 0 Å². The first-order chi connectivity index (χ1) is 12.6. The first-order valence-corrected chi connectivity index (χ1v) is 8.14. The molecule has 0 atom stereocenters. The number of nitrogens with zero attached hydrogens (tertiary/aromatic N) is 3. The van der Waals surface area contributed by atoms with Crippen LogP contribution in [-0.2, 0) is 6.54 Å². The van der Waals surface area contributed by atoms with Crippen molar-refractivity contribution in [2.75, 3.05) is 0 Å². The van der Waals surface area contributed by atoms with E-state index in [0.29, 0.717) is 5.76 Å². The van der Waals surface area contributed by atoms with Crippen molar-refractivity contribution in [2.45, 2.75) is 20.4 Å². The van der Waals surface area contributed by atoms with E-state index < -0.39 is 5.91 Å². The van der Waals surface area contributed by atoms with Crippen molar-refractivity contribution in [2.24, 2.45) is 0 Å². The molecule has 1 amide bonds. The molecule has 0 bridgehead atoms. The minimum atomic E-state index is -0.459. The molecule has 130 valence electrons. The highest BCUT2D eigenvalue weighted by Crippen LogP contribution is 2.32. The fraction of sp³-hybridized carbons (Fsp3) is 0.158. The standard InChI is InChI=1S/C19H16N4O3/c1-11-6-5-8-14-12(2)16(25-15(11)14)17-22-19(26-23-17)18(24)21-10-13-7-3-4-9-20-13/h3-9H,10H2,1-2H3,(H,21,24). The summed E-state index contributed by atoms with van der Waals surface area (Å²) < 4.78 is 11.0. The van der Waals surface area contributed by atoms with Crippen LogP contribution in [0.15, 0.2) is 51.5 Å². The normalized spacial score (nSPS) is 11.0. The molecule has 0 saturated heterocycles. The molecule has 7 heteroatoms. The monoisotopic (exact) mass is 348 g/mol. The Bertz CT molecular complexity index is 1080. The van der Waals surface area contributed by atoms with Crippen molar-refractivity contribution in [1.82, 2.24) is 20.4 Å². The van der Waals surface area contributed by atoms with Crippen molar-refractivity contribution in [1.29, 1.82) is 0 Å². The van der Waals surface area contributed by atoms with Crippen LogP contribution in [0.25, 0.3) is 22.6 Å². The van der Waals surface area contributed by atoms with E-state index in [4.69, 9.17) is 8.94 Å². The molecule has 0 spiro atoms. The number of aryl methyl sites for hydroxylation is 2. The molecule has 0 aliphatic carbocycles. The lowest BCUT2D eigenvalue weighted by Crippen LogP contribution is -2.23. The second-order valence-electron chi connectivity index (χ2n) is 5.93. The zero-order chi connectivity index (χ0) is 18.1. The molecular formula is C19H16N4O3. The lowest BCUT2D eigenvalue weighted by molar-refractivity contribution is 0.0906. The quantitative estimate of drug-likeness (QED) is 0.607. The average Bonchev–Trinajstić information content (AvgIpc) is 3.27. The third-order valence-electron chi connectivity index (χ3n) is 4.14. The van der Waals surface area contributed by atoms with E-state index in [0.717, 1.165) is 27.8 Å². The number of aromatic nitrogens is 3. The van der Waals surface area contributed by atoms with Crippen LogP contribution in [0.3, 0.4) is 0 Å². The van der Waals surface area contributed by atoms with Gasteiger partial charge in [-0.25, -0.2) is 0 Å². The van der Waals surface area contributed by atoms with Gasteiger partial charge in [0.15, 0.2) is 5.76 Å². The van der Waals surface area contributed by atoms with Gasteiger partial charge in [0.2, 0.25) is 5.82 Å². The number of furan rings is 1. The summed E-state index contributed by atoms with van der Waals surface area (Å²) in [7, 11) is 0. The molecule has 3 heterocycles. The highest BCUT2D eigenvalue weighted by atomic mass is 16.5. The van der Waals surface area contributed by atoms with Crippen LogP contribution in [0.5, 0.6) is 0 Å². The van der Waals surface area contributed by atoms with E-state index in [9.17, 15) is 4.79 Å². The number of benzene rings is 1. The molecule has 26 heavy (non-hydrogen) atoms. The number of rotatable bonds is 4. The largest absolute Gasteiger partial charge is 0.452 e. The number of para-hydroxylation sites is 1. The number of hydrogen-bond donors (Lipinski definition) is 1. The minimum absolute atomic E-state index is 0.118. The van der Waals surface area contributed by atoms with E-state index in [-0.39, 0.29) is 18.3 Å². The molecule has 1 aromatic carbocycles. The number of carbonyl (C=O) groups excluding carboxylic acids is 1. The topological polar surface area (TPSA) is 94.1 Å². The maximum atomic E-state index is 12.2. The summed E-state index contributed by atoms with van der Waals surface area (Å²) in [6.45, 7) is 4.18. The minimum Gasteiger partial charge on any atom is -0.452 e. The van der Waals surface area contributed by atoms with Gasteiger partial charge in [0.1, 0.15) is 5.58 Å². The first kappa shape index (κ1) is 16.0. The fourth-order valence-corrected chi connectivity index (χ4v) is 2.75. The average molecular weight is 348 g/mol. The highest BCUT2D eigenvalue weighted by molar-refractivity contribution is 5.91. The van der Waals surface area contributed by atoms with Crippen molar-refractivity contribution in [3.8, 4) is 11.6 Å². The van der Waals surface area contributed by atoms with Gasteiger partial charge in [-0.2, -0.15) is 4.98 Å². The third kappa shape index (κ3) is 2.83. The lowest BCUT2D eigenvalue weighted by atomic mass is 10.1. The Morgan fingerprint density at radius 1 is 1.15 bits per heavy atom. The van der Waals surface area contributed by atoms with Crippen LogP contribution in [0.1, 0.15) is 27.5 Å². The second-order valence-corrected chi connectivity index (χ2v) is 5.93. The van der Waals surface area contributed by atoms with Crippen molar-refractivity contribution in [3.05, 3.63) is 65.3 Å². The number of nitrogens with one attached hydrogen (secondary N) is 1. The molecule has 0 radical (unpaired) electrons. The SMILES string of the molecule is Cc1c(-c2noc(C(=O)NCc3ccccn3)n2)oc2c(C)cccc12. The summed E-state index contributed by atoms with van der Waals surface area (Å²) in [5.74, 6) is 0.176. The molecule has 4 aromatic rings. The summed E-state index contributed by atoms with van der Waals surface area (Å²) in [5.41, 5.74) is 3.45. The summed E-state index contributed by atoms with van der Waals surface area (Å²) in [6.07, 6.45) is 1.67. The second kappa shape index (κ2) is 6.44. The van der Waals surface area contributed by atoms with Gasteiger partial charge in [-0.1, -0.05) is 29.4 Å². The Balaban J connectivity index is 1.57. The molecule has 0 unspecified atom stereocenters. The summed E-state index contributed by atoms with van der Waals surface area (Å²) >= 11 is 0. The van der Waals surface area contributed by atoms with E-state index >= 15 is 0 Å². The van der Waals surface area contributed by atoms with Crippen LogP contribution in [0, 0.1) is 13.8 Å². The number of amides is 1. The zero-order valence-electron chi connectivity index (χ0n) is 14.3. The van der Waals surface area contributed by atoms with Gasteiger partial charge < -0.3 is 14.3 Å². The fourth-order valence-electron chi connectivity index (χ4n) is 2.75. The molecule has 0 fully saturated rings. The van der Waals surface area contributed by atoms with E-state index in [2.05, 4.69) is 20.4 Å². The molecule has 0 aliphatic rings. The Hall–Kier alpha value is -3.48. The Kier molecular flexibility index (Phi) is 3.96. The number of fused-ring (bicyclic) bond motifs is 1. The van der Waals surface area contributed by atoms with Crippen LogP contribution in [-0.4, -0.2) is 21.0 Å². The Morgan fingerprint density at radius 2 is 2.04 bits per heavy atom. The zero-order valence-corrected chi connectivity index (χ0v) is 14.3. The van der Waals surface area contributed by atoms with Gasteiger partial charge in [-0.05, 0) is 31.5 Å². The maximum absolute atomic E-state index is 12.2. The van der Waals surface area contributed by atoms with Crippen molar-refractivity contribution in [3.63, 3.8) is 0 Å². The van der Waals surface area contributed by atoms with Gasteiger partial charge in [0.05, 0.1) is 12.2 Å². The van der Waals surface area contributed by atoms with Gasteiger partial charge in [-0.15, -0.1) is 0 Å². The molecule has 1 N–H and O–H groups in total. The van der Waals surface area contributed by atoms with Crippen LogP contribution < -0.4 is 5.32 Å². The third-order valence-corrected chi connectivity index (χ3v) is 4.14. The van der Waals surface area contributed by atoms with E-state index in [1.807, 2.05) is 50.2 Å². The van der Waals surface area contributed by atoms with Gasteiger partial charge in [0, 0.05) is 17.1 Å². The Labute approximate surface area is 149 Å².